The Kier molecular flexibility index (Phi) is 3.48. The van der Waals surface area contributed by atoms with E-state index in [0.29, 0.717) is 30.5 Å². The van der Waals surface area contributed by atoms with E-state index in [4.69, 9.17) is 0 Å². The van der Waals surface area contributed by atoms with E-state index in [-0.39, 0.29) is 17.1 Å². The van der Waals surface area contributed by atoms with E-state index < -0.39 is 0 Å². The fourth-order valence-electron chi connectivity index (χ4n) is 3.79. The fourth-order valence-corrected chi connectivity index (χ4v) is 3.79. The lowest BCUT2D eigenvalue weighted by Crippen LogP contribution is -2.32. The van der Waals surface area contributed by atoms with Crippen LogP contribution in [0.2, 0.25) is 0 Å². The minimum absolute atomic E-state index is 0.140. The van der Waals surface area contributed by atoms with Crippen LogP contribution in [0.25, 0.3) is 0 Å². The van der Waals surface area contributed by atoms with E-state index in [9.17, 15) is 9.59 Å². The zero-order chi connectivity index (χ0) is 13.5. The Hall–Kier alpha value is -0.920. The average Bonchev–Trinajstić information content (AvgIpc) is 2.56. The molecule has 0 N–H and O–H groups in total. The summed E-state index contributed by atoms with van der Waals surface area (Å²) in [6, 6.07) is 0. The van der Waals surface area contributed by atoms with E-state index in [2.05, 4.69) is 26.8 Å². The lowest BCUT2D eigenvalue weighted by atomic mass is 9.71. The molecule has 0 aromatic rings. The third-order valence-electron chi connectivity index (χ3n) is 5.14. The summed E-state index contributed by atoms with van der Waals surface area (Å²) >= 11 is 0. The first-order valence-electron chi connectivity index (χ1n) is 7.11. The van der Waals surface area contributed by atoms with Gasteiger partial charge in [-0.25, -0.2) is 0 Å². The van der Waals surface area contributed by atoms with Crippen LogP contribution in [-0.2, 0) is 9.59 Å². The van der Waals surface area contributed by atoms with Gasteiger partial charge in [0.1, 0.15) is 5.78 Å². The summed E-state index contributed by atoms with van der Waals surface area (Å²) in [5.41, 5.74) is 0.663. The molecule has 2 aliphatic carbocycles. The van der Waals surface area contributed by atoms with Gasteiger partial charge >= 0.3 is 0 Å². The van der Waals surface area contributed by atoms with Crippen molar-refractivity contribution in [2.24, 2.45) is 23.2 Å². The van der Waals surface area contributed by atoms with Crippen LogP contribution in [0.5, 0.6) is 0 Å². The Morgan fingerprint density at radius 3 is 2.61 bits per heavy atom. The molecule has 18 heavy (non-hydrogen) atoms. The zero-order valence-corrected chi connectivity index (χ0v) is 12.0. The van der Waals surface area contributed by atoms with E-state index in [0.717, 1.165) is 18.4 Å². The molecule has 0 radical (unpaired) electrons. The van der Waals surface area contributed by atoms with E-state index in [1.165, 1.54) is 0 Å². The standard InChI is InChI=1S/C16H24O2/c1-10(2)13-7-8-16(4)14(13)9-12(11(3)17)5-6-15(16)18/h9-10,13-14H,5-8H2,1-4H3/t13-,14-,16+/m0/s1. The summed E-state index contributed by atoms with van der Waals surface area (Å²) in [5.74, 6) is 1.90. The molecule has 0 bridgehead atoms. The van der Waals surface area contributed by atoms with Gasteiger partial charge in [0.25, 0.3) is 0 Å². The highest BCUT2D eigenvalue weighted by atomic mass is 16.1. The molecule has 0 aliphatic heterocycles. The predicted molar refractivity (Wildman–Crippen MR) is 72.2 cm³/mol. The maximum Gasteiger partial charge on any atom is 0.155 e. The van der Waals surface area contributed by atoms with Crippen molar-refractivity contribution in [3.05, 3.63) is 11.6 Å². The van der Waals surface area contributed by atoms with Gasteiger partial charge in [-0.3, -0.25) is 9.59 Å². The van der Waals surface area contributed by atoms with Gasteiger partial charge in [0.2, 0.25) is 0 Å². The van der Waals surface area contributed by atoms with Crippen molar-refractivity contribution in [2.75, 3.05) is 0 Å². The lowest BCUT2D eigenvalue weighted by molar-refractivity contribution is -0.129. The molecular weight excluding hydrogens is 224 g/mol. The second-order valence-electron chi connectivity index (χ2n) is 6.56. The molecule has 2 heteroatoms. The molecule has 2 nitrogen and oxygen atoms in total. The van der Waals surface area contributed by atoms with E-state index in [1.54, 1.807) is 6.92 Å². The monoisotopic (exact) mass is 248 g/mol. The number of Topliss-reactive ketones (excluding diaryl/α,β-unsaturated/α-hetero) is 2. The first-order valence-corrected chi connectivity index (χ1v) is 7.11. The Morgan fingerprint density at radius 1 is 1.39 bits per heavy atom. The zero-order valence-electron chi connectivity index (χ0n) is 12.0. The van der Waals surface area contributed by atoms with Crippen molar-refractivity contribution >= 4 is 11.6 Å². The van der Waals surface area contributed by atoms with Crippen molar-refractivity contribution < 1.29 is 9.59 Å². The molecule has 2 rings (SSSR count). The molecule has 3 atom stereocenters. The molecule has 0 aromatic heterocycles. The Bertz CT molecular complexity index is 405. The summed E-state index contributed by atoms with van der Waals surface area (Å²) in [7, 11) is 0. The topological polar surface area (TPSA) is 34.1 Å². The minimum atomic E-state index is -0.216. The summed E-state index contributed by atoms with van der Waals surface area (Å²) in [5, 5.41) is 0. The molecule has 100 valence electrons. The number of fused-ring (bicyclic) bond motifs is 1. The van der Waals surface area contributed by atoms with E-state index in [1.807, 2.05) is 0 Å². The van der Waals surface area contributed by atoms with Crippen LogP contribution in [0.3, 0.4) is 0 Å². The van der Waals surface area contributed by atoms with Gasteiger partial charge in [-0.05, 0) is 49.5 Å². The van der Waals surface area contributed by atoms with Gasteiger partial charge in [-0.15, -0.1) is 0 Å². The Morgan fingerprint density at radius 2 is 2.06 bits per heavy atom. The van der Waals surface area contributed by atoms with Crippen molar-refractivity contribution in [1.82, 2.24) is 0 Å². The highest BCUT2D eigenvalue weighted by Crippen LogP contribution is 2.53. The molecule has 0 amide bonds. The SMILES string of the molecule is CC(=O)C1=C[C@H]2[C@H](C(C)C)CC[C@@]2(C)C(=O)CC1. The van der Waals surface area contributed by atoms with Gasteiger partial charge in [0.15, 0.2) is 5.78 Å². The molecule has 0 heterocycles. The van der Waals surface area contributed by atoms with Crippen molar-refractivity contribution in [2.45, 2.75) is 53.4 Å². The highest BCUT2D eigenvalue weighted by molar-refractivity contribution is 5.96. The van der Waals surface area contributed by atoms with Gasteiger partial charge in [0, 0.05) is 11.8 Å². The molecule has 2 aliphatic rings. The van der Waals surface area contributed by atoms with Crippen LogP contribution in [0, 0.1) is 23.2 Å². The largest absolute Gasteiger partial charge is 0.299 e. The van der Waals surface area contributed by atoms with Crippen LogP contribution >= 0.6 is 0 Å². The van der Waals surface area contributed by atoms with Gasteiger partial charge < -0.3 is 0 Å². The summed E-state index contributed by atoms with van der Waals surface area (Å²) in [6.45, 7) is 8.19. The summed E-state index contributed by atoms with van der Waals surface area (Å²) < 4.78 is 0. The van der Waals surface area contributed by atoms with Crippen LogP contribution < -0.4 is 0 Å². The van der Waals surface area contributed by atoms with Gasteiger partial charge in [0.05, 0.1) is 0 Å². The van der Waals surface area contributed by atoms with Gasteiger partial charge in [-0.2, -0.15) is 0 Å². The number of allylic oxidation sites excluding steroid dienone is 2. The maximum atomic E-state index is 12.4. The number of carbonyl (C=O) groups is 2. The molecule has 1 saturated carbocycles. The minimum Gasteiger partial charge on any atom is -0.299 e. The summed E-state index contributed by atoms with van der Waals surface area (Å²) in [6.07, 6.45) is 5.44. The van der Waals surface area contributed by atoms with E-state index >= 15 is 0 Å². The number of carbonyl (C=O) groups excluding carboxylic acids is 2. The quantitative estimate of drug-likeness (QED) is 0.749. The molecule has 0 unspecified atom stereocenters. The number of hydrogen-bond donors (Lipinski definition) is 0. The Balaban J connectivity index is 2.42. The number of ketones is 2. The molecule has 0 saturated heterocycles. The average molecular weight is 248 g/mol. The van der Waals surface area contributed by atoms with Crippen LogP contribution in [0.4, 0.5) is 0 Å². The number of rotatable bonds is 2. The van der Waals surface area contributed by atoms with Crippen molar-refractivity contribution in [1.29, 1.82) is 0 Å². The molecule has 0 spiro atoms. The highest BCUT2D eigenvalue weighted by Gasteiger charge is 2.50. The van der Waals surface area contributed by atoms with Crippen LogP contribution in [0.15, 0.2) is 11.6 Å². The van der Waals surface area contributed by atoms with Crippen LogP contribution in [-0.4, -0.2) is 11.6 Å². The van der Waals surface area contributed by atoms with Gasteiger partial charge in [-0.1, -0.05) is 26.8 Å². The van der Waals surface area contributed by atoms with Crippen molar-refractivity contribution in [3.63, 3.8) is 0 Å². The second-order valence-corrected chi connectivity index (χ2v) is 6.56. The first kappa shape index (κ1) is 13.5. The normalized spacial score (nSPS) is 36.3. The van der Waals surface area contributed by atoms with Crippen LogP contribution in [0.1, 0.15) is 53.4 Å². The number of hydrogen-bond acceptors (Lipinski definition) is 2. The second kappa shape index (κ2) is 4.64. The molecule has 0 aromatic carbocycles. The third-order valence-corrected chi connectivity index (χ3v) is 5.14. The lowest BCUT2D eigenvalue weighted by Gasteiger charge is -2.31. The fraction of sp³-hybridized carbons (Fsp3) is 0.750. The predicted octanol–water partition coefficient (Wildman–Crippen LogP) is 3.55. The van der Waals surface area contributed by atoms with Crippen molar-refractivity contribution in [3.8, 4) is 0 Å². The maximum absolute atomic E-state index is 12.4. The first-order chi connectivity index (χ1) is 8.36. The molecular formula is C16H24O2. The smallest absolute Gasteiger partial charge is 0.155 e. The third kappa shape index (κ3) is 2.06. The summed E-state index contributed by atoms with van der Waals surface area (Å²) in [4.78, 5) is 24.1. The Labute approximate surface area is 110 Å². The molecule has 1 fully saturated rings.